The third-order valence-electron chi connectivity index (χ3n) is 4.47. The molecule has 1 atom stereocenters. The summed E-state index contributed by atoms with van der Waals surface area (Å²) in [4.78, 5) is 38.2. The second-order valence-electron chi connectivity index (χ2n) is 7.75. The fourth-order valence-electron chi connectivity index (χ4n) is 2.58. The Labute approximate surface area is 165 Å². The first-order chi connectivity index (χ1) is 12.6. The predicted molar refractivity (Wildman–Crippen MR) is 109 cm³/mol. The second kappa shape index (κ2) is 8.74. The van der Waals surface area contributed by atoms with Gasteiger partial charge in [-0.15, -0.1) is 0 Å². The van der Waals surface area contributed by atoms with E-state index in [9.17, 15) is 14.4 Å². The van der Waals surface area contributed by atoms with Crippen LogP contribution in [0.3, 0.4) is 0 Å². The molecule has 27 heavy (non-hydrogen) atoms. The lowest BCUT2D eigenvalue weighted by Gasteiger charge is -2.21. The van der Waals surface area contributed by atoms with Gasteiger partial charge < -0.3 is 5.32 Å². The molecule has 2 rings (SSSR count). The van der Waals surface area contributed by atoms with Gasteiger partial charge in [-0.2, -0.15) is 0 Å². The summed E-state index contributed by atoms with van der Waals surface area (Å²) in [5, 5.41) is 3.48. The standard InChI is InChI=1S/C21H28N2O3S/c1-6-15-7-9-16(10-8-15)14(2)22-18(25)12-23-19(26)13-27-20(23)11-17(24)21(3,4)5/h7-11,14H,6,12-13H2,1-5H3,(H,22,25)/b20-11-. The van der Waals surface area contributed by atoms with Crippen LogP contribution in [0.2, 0.25) is 0 Å². The first kappa shape index (κ1) is 21.2. The maximum Gasteiger partial charge on any atom is 0.240 e. The van der Waals surface area contributed by atoms with Gasteiger partial charge in [-0.3, -0.25) is 19.3 Å². The van der Waals surface area contributed by atoms with Gasteiger partial charge in [-0.1, -0.05) is 63.7 Å². The molecule has 0 radical (unpaired) electrons. The number of amides is 2. The Kier molecular flexibility index (Phi) is 6.87. The van der Waals surface area contributed by atoms with Gasteiger partial charge in [-0.25, -0.2) is 0 Å². The number of aryl methyl sites for hydroxylation is 1. The molecule has 6 heteroatoms. The van der Waals surface area contributed by atoms with E-state index >= 15 is 0 Å². The molecule has 1 aliphatic rings. The highest BCUT2D eigenvalue weighted by molar-refractivity contribution is 8.04. The van der Waals surface area contributed by atoms with Gasteiger partial charge >= 0.3 is 0 Å². The molecule has 1 unspecified atom stereocenters. The zero-order valence-corrected chi connectivity index (χ0v) is 17.5. The summed E-state index contributed by atoms with van der Waals surface area (Å²) < 4.78 is 0. The van der Waals surface area contributed by atoms with Crippen molar-refractivity contribution < 1.29 is 14.4 Å². The lowest BCUT2D eigenvalue weighted by atomic mass is 9.91. The third kappa shape index (κ3) is 5.70. The van der Waals surface area contributed by atoms with Crippen LogP contribution in [-0.2, 0) is 20.8 Å². The van der Waals surface area contributed by atoms with Crippen molar-refractivity contribution in [2.45, 2.75) is 47.1 Å². The highest BCUT2D eigenvalue weighted by atomic mass is 32.2. The summed E-state index contributed by atoms with van der Waals surface area (Å²) in [6, 6.07) is 7.97. The van der Waals surface area contributed by atoms with E-state index in [0.717, 1.165) is 12.0 Å². The molecule has 0 bridgehead atoms. The molecule has 1 aliphatic heterocycles. The molecule has 1 heterocycles. The van der Waals surface area contributed by atoms with Crippen LogP contribution in [0, 0.1) is 5.41 Å². The highest BCUT2D eigenvalue weighted by Gasteiger charge is 2.31. The van der Waals surface area contributed by atoms with Crippen LogP contribution in [0.1, 0.15) is 51.8 Å². The summed E-state index contributed by atoms with van der Waals surface area (Å²) in [6.07, 6.45) is 2.45. The number of allylic oxidation sites excluding steroid dienone is 1. The Balaban J connectivity index is 2.02. The number of nitrogens with one attached hydrogen (secondary N) is 1. The molecule has 1 saturated heterocycles. The Morgan fingerprint density at radius 1 is 1.26 bits per heavy atom. The Morgan fingerprint density at radius 2 is 1.89 bits per heavy atom. The van der Waals surface area contributed by atoms with Crippen molar-refractivity contribution >= 4 is 29.4 Å². The molecule has 1 aromatic rings. The molecule has 0 aromatic heterocycles. The van der Waals surface area contributed by atoms with Crippen LogP contribution in [0.25, 0.3) is 0 Å². The van der Waals surface area contributed by atoms with Crippen LogP contribution in [0.4, 0.5) is 0 Å². The lowest BCUT2D eigenvalue weighted by Crippen LogP contribution is -2.38. The van der Waals surface area contributed by atoms with Crippen molar-refractivity contribution in [2.24, 2.45) is 5.41 Å². The molecule has 0 aliphatic carbocycles. The average Bonchev–Trinajstić information content (AvgIpc) is 2.94. The number of rotatable bonds is 6. The van der Waals surface area contributed by atoms with Crippen molar-refractivity contribution in [3.05, 3.63) is 46.5 Å². The van der Waals surface area contributed by atoms with Crippen LogP contribution in [-0.4, -0.2) is 34.8 Å². The smallest absolute Gasteiger partial charge is 0.240 e. The molecule has 0 saturated carbocycles. The van der Waals surface area contributed by atoms with Crippen molar-refractivity contribution in [3.63, 3.8) is 0 Å². The summed E-state index contributed by atoms with van der Waals surface area (Å²) in [5.41, 5.74) is 1.74. The largest absolute Gasteiger partial charge is 0.348 e. The molecule has 5 nitrogen and oxygen atoms in total. The van der Waals surface area contributed by atoms with Gasteiger partial charge in [0.05, 0.1) is 16.8 Å². The number of hydrogen-bond acceptors (Lipinski definition) is 4. The number of carbonyl (C=O) groups excluding carboxylic acids is 3. The van der Waals surface area contributed by atoms with E-state index in [0.29, 0.717) is 5.03 Å². The van der Waals surface area contributed by atoms with Crippen LogP contribution in [0.15, 0.2) is 35.4 Å². The van der Waals surface area contributed by atoms with Gasteiger partial charge in [0.1, 0.15) is 6.54 Å². The van der Waals surface area contributed by atoms with E-state index in [2.05, 4.69) is 24.4 Å². The van der Waals surface area contributed by atoms with E-state index in [1.165, 1.54) is 28.3 Å². The number of hydrogen-bond donors (Lipinski definition) is 1. The number of benzene rings is 1. The third-order valence-corrected chi connectivity index (χ3v) is 5.50. The number of nitrogens with zero attached hydrogens (tertiary/aromatic N) is 1. The van der Waals surface area contributed by atoms with Gasteiger partial charge in [0.2, 0.25) is 11.8 Å². The van der Waals surface area contributed by atoms with Gasteiger partial charge in [-0.05, 0) is 24.5 Å². The van der Waals surface area contributed by atoms with E-state index in [4.69, 9.17) is 0 Å². The average molecular weight is 389 g/mol. The molecule has 1 N–H and O–H groups in total. The quantitative estimate of drug-likeness (QED) is 0.758. The SMILES string of the molecule is CCc1ccc(C(C)NC(=O)CN2C(=O)CS/C2=C\C(=O)C(C)(C)C)cc1. The summed E-state index contributed by atoms with van der Waals surface area (Å²) in [7, 11) is 0. The molecule has 1 aromatic carbocycles. The fraction of sp³-hybridized carbons (Fsp3) is 0.476. The molecular formula is C21H28N2O3S. The van der Waals surface area contributed by atoms with Crippen LogP contribution < -0.4 is 5.32 Å². The topological polar surface area (TPSA) is 66.5 Å². The molecule has 1 fully saturated rings. The van der Waals surface area contributed by atoms with Crippen molar-refractivity contribution in [1.29, 1.82) is 0 Å². The predicted octanol–water partition coefficient (Wildman–Crippen LogP) is 3.46. The fourth-order valence-corrected chi connectivity index (χ4v) is 3.52. The summed E-state index contributed by atoms with van der Waals surface area (Å²) >= 11 is 1.30. The molecule has 2 amide bonds. The van der Waals surface area contributed by atoms with Gasteiger partial charge in [0.25, 0.3) is 0 Å². The van der Waals surface area contributed by atoms with E-state index in [1.807, 2.05) is 39.8 Å². The monoisotopic (exact) mass is 388 g/mol. The van der Waals surface area contributed by atoms with Crippen LogP contribution >= 0.6 is 11.8 Å². The molecule has 146 valence electrons. The minimum absolute atomic E-state index is 0.0607. The Morgan fingerprint density at radius 3 is 2.44 bits per heavy atom. The van der Waals surface area contributed by atoms with E-state index < -0.39 is 5.41 Å². The zero-order valence-electron chi connectivity index (χ0n) is 16.7. The highest BCUT2D eigenvalue weighted by Crippen LogP contribution is 2.30. The lowest BCUT2D eigenvalue weighted by molar-refractivity contribution is -0.131. The second-order valence-corrected chi connectivity index (χ2v) is 8.75. The normalized spacial score (nSPS) is 17.3. The Hall–Kier alpha value is -2.08. The molecular weight excluding hydrogens is 360 g/mol. The number of ketones is 1. The van der Waals surface area contributed by atoms with E-state index in [1.54, 1.807) is 0 Å². The van der Waals surface area contributed by atoms with E-state index in [-0.39, 0.29) is 35.9 Å². The minimum atomic E-state index is -0.522. The van der Waals surface area contributed by atoms with Crippen molar-refractivity contribution in [3.8, 4) is 0 Å². The van der Waals surface area contributed by atoms with Gasteiger partial charge in [0, 0.05) is 11.5 Å². The molecule has 0 spiro atoms. The first-order valence-corrected chi connectivity index (χ1v) is 10.2. The summed E-state index contributed by atoms with van der Waals surface area (Å²) in [6.45, 7) is 9.43. The summed E-state index contributed by atoms with van der Waals surface area (Å²) in [5.74, 6) is -0.200. The minimum Gasteiger partial charge on any atom is -0.348 e. The van der Waals surface area contributed by atoms with Crippen molar-refractivity contribution in [2.75, 3.05) is 12.3 Å². The number of thioether (sulfide) groups is 1. The zero-order chi connectivity index (χ0) is 20.2. The maximum absolute atomic E-state index is 12.5. The van der Waals surface area contributed by atoms with Crippen molar-refractivity contribution in [1.82, 2.24) is 10.2 Å². The maximum atomic E-state index is 12.5. The number of carbonyl (C=O) groups is 3. The Bertz CT molecular complexity index is 748. The van der Waals surface area contributed by atoms with Gasteiger partial charge in [0.15, 0.2) is 5.78 Å². The first-order valence-electron chi connectivity index (χ1n) is 9.19. The van der Waals surface area contributed by atoms with Crippen LogP contribution in [0.5, 0.6) is 0 Å².